The number of hydrogen-bond acceptors (Lipinski definition) is 3. The molecule has 2 aromatic rings. The normalized spacial score (nSPS) is 11.4. The van der Waals surface area contributed by atoms with E-state index in [9.17, 15) is 8.42 Å². The van der Waals surface area contributed by atoms with E-state index in [0.717, 1.165) is 11.1 Å². The first-order chi connectivity index (χ1) is 7.99. The summed E-state index contributed by atoms with van der Waals surface area (Å²) in [6.07, 6.45) is 1.40. The van der Waals surface area contributed by atoms with Crippen molar-refractivity contribution in [2.45, 2.75) is 18.9 Å². The highest BCUT2D eigenvalue weighted by Gasteiger charge is 2.15. The summed E-state index contributed by atoms with van der Waals surface area (Å²) in [5.74, 6) is 0. The molecule has 0 fully saturated rings. The van der Waals surface area contributed by atoms with Crippen LogP contribution in [-0.4, -0.2) is 18.6 Å². The highest BCUT2D eigenvalue weighted by Crippen LogP contribution is 2.17. The molecule has 0 aliphatic carbocycles. The predicted molar refractivity (Wildman–Crippen MR) is 65.3 cm³/mol. The van der Waals surface area contributed by atoms with Gasteiger partial charge in [-0.2, -0.15) is 13.5 Å². The number of nitrogens with zero attached hydrogens (tertiary/aromatic N) is 1. The Kier molecular flexibility index (Phi) is 2.89. The average molecular weight is 251 g/mol. The Morgan fingerprint density at radius 3 is 2.53 bits per heavy atom. The van der Waals surface area contributed by atoms with Gasteiger partial charge in [-0.25, -0.2) is 0 Å². The first-order valence-electron chi connectivity index (χ1n) is 5.08. The van der Waals surface area contributed by atoms with Crippen LogP contribution in [0, 0.1) is 13.8 Å². The van der Waals surface area contributed by atoms with E-state index in [0.29, 0.717) is 5.69 Å². The van der Waals surface area contributed by atoms with Crippen LogP contribution in [0.1, 0.15) is 11.1 Å². The van der Waals surface area contributed by atoms with Crippen LogP contribution in [0.25, 0.3) is 0 Å². The fourth-order valence-electron chi connectivity index (χ4n) is 1.41. The van der Waals surface area contributed by atoms with Crippen molar-refractivity contribution in [3.05, 3.63) is 41.6 Å². The minimum Gasteiger partial charge on any atom is -0.278 e. The predicted octanol–water partition coefficient (Wildman–Crippen LogP) is 1.83. The van der Waals surface area contributed by atoms with Crippen molar-refractivity contribution in [1.29, 1.82) is 0 Å². The molecule has 0 radical (unpaired) electrons. The van der Waals surface area contributed by atoms with Crippen molar-refractivity contribution in [1.82, 2.24) is 10.2 Å². The maximum atomic E-state index is 11.9. The van der Waals surface area contributed by atoms with Gasteiger partial charge >= 0.3 is 0 Å². The van der Waals surface area contributed by atoms with Crippen molar-refractivity contribution in [2.24, 2.45) is 0 Å². The van der Waals surface area contributed by atoms with E-state index in [2.05, 4.69) is 14.9 Å². The third-order valence-corrected chi connectivity index (χ3v) is 3.83. The Hall–Kier alpha value is -1.82. The second kappa shape index (κ2) is 4.21. The molecule has 1 aromatic heterocycles. The molecular formula is C11H13N3O2S. The third kappa shape index (κ3) is 2.47. The molecular weight excluding hydrogens is 238 g/mol. The fourth-order valence-corrected chi connectivity index (χ4v) is 2.37. The number of sulfonamides is 1. The van der Waals surface area contributed by atoms with Gasteiger partial charge < -0.3 is 0 Å². The summed E-state index contributed by atoms with van der Waals surface area (Å²) in [5, 5.41) is 6.09. The first kappa shape index (κ1) is 11.7. The lowest BCUT2D eigenvalue weighted by molar-refractivity contribution is 0.597. The molecule has 0 spiro atoms. The van der Waals surface area contributed by atoms with E-state index >= 15 is 0 Å². The first-order valence-corrected chi connectivity index (χ1v) is 6.57. The van der Waals surface area contributed by atoms with Crippen LogP contribution >= 0.6 is 0 Å². The molecule has 0 aliphatic heterocycles. The summed E-state index contributed by atoms with van der Waals surface area (Å²) in [7, 11) is -3.57. The molecule has 1 heterocycles. The molecule has 6 heteroatoms. The number of hydrogen-bond donors (Lipinski definition) is 2. The van der Waals surface area contributed by atoms with E-state index in [4.69, 9.17) is 0 Å². The molecule has 0 unspecified atom stereocenters. The van der Waals surface area contributed by atoms with Crippen molar-refractivity contribution in [3.8, 4) is 0 Å². The molecule has 0 saturated carbocycles. The number of aryl methyl sites for hydroxylation is 2. The SMILES string of the molecule is Cc1ccc(NS(=O)(=O)c2ccn[nH]2)cc1C. The van der Waals surface area contributed by atoms with E-state index < -0.39 is 10.0 Å². The van der Waals surface area contributed by atoms with E-state index in [1.54, 1.807) is 12.1 Å². The fraction of sp³-hybridized carbons (Fsp3) is 0.182. The largest absolute Gasteiger partial charge is 0.278 e. The molecule has 0 bridgehead atoms. The van der Waals surface area contributed by atoms with Gasteiger partial charge in [-0.1, -0.05) is 6.07 Å². The number of H-pyrrole nitrogens is 1. The molecule has 17 heavy (non-hydrogen) atoms. The van der Waals surface area contributed by atoms with Gasteiger partial charge in [0.25, 0.3) is 10.0 Å². The zero-order valence-corrected chi connectivity index (χ0v) is 10.4. The van der Waals surface area contributed by atoms with Crippen molar-refractivity contribution in [3.63, 3.8) is 0 Å². The average Bonchev–Trinajstić information content (AvgIpc) is 2.77. The van der Waals surface area contributed by atoms with Gasteiger partial charge in [0.05, 0.1) is 6.20 Å². The number of anilines is 1. The summed E-state index contributed by atoms with van der Waals surface area (Å²) in [6, 6.07) is 6.81. The second-order valence-corrected chi connectivity index (χ2v) is 5.48. The lowest BCUT2D eigenvalue weighted by Crippen LogP contribution is -2.13. The summed E-state index contributed by atoms with van der Waals surface area (Å²) in [5.41, 5.74) is 2.70. The molecule has 0 amide bonds. The molecule has 90 valence electrons. The highest BCUT2D eigenvalue weighted by atomic mass is 32.2. The van der Waals surface area contributed by atoms with Gasteiger partial charge in [0, 0.05) is 5.69 Å². The van der Waals surface area contributed by atoms with Crippen molar-refractivity contribution >= 4 is 15.7 Å². The van der Waals surface area contributed by atoms with Crippen LogP contribution in [0.3, 0.4) is 0 Å². The van der Waals surface area contributed by atoms with Gasteiger partial charge in [0.1, 0.15) is 0 Å². The summed E-state index contributed by atoms with van der Waals surface area (Å²) in [6.45, 7) is 3.91. The van der Waals surface area contributed by atoms with Gasteiger partial charge in [0.15, 0.2) is 5.03 Å². The van der Waals surface area contributed by atoms with Gasteiger partial charge in [-0.05, 0) is 43.2 Å². The lowest BCUT2D eigenvalue weighted by Gasteiger charge is -2.08. The van der Waals surface area contributed by atoms with Gasteiger partial charge in [-0.3, -0.25) is 9.82 Å². The quantitative estimate of drug-likeness (QED) is 0.873. The Bertz CT molecular complexity index is 618. The van der Waals surface area contributed by atoms with Crippen LogP contribution in [0.5, 0.6) is 0 Å². The maximum absolute atomic E-state index is 11.9. The Balaban J connectivity index is 2.30. The molecule has 2 rings (SSSR count). The van der Waals surface area contributed by atoms with Crippen LogP contribution in [0.15, 0.2) is 35.5 Å². The summed E-state index contributed by atoms with van der Waals surface area (Å²) >= 11 is 0. The third-order valence-electron chi connectivity index (χ3n) is 2.52. The van der Waals surface area contributed by atoms with Crippen LogP contribution < -0.4 is 4.72 Å². The van der Waals surface area contributed by atoms with Crippen LogP contribution in [0.2, 0.25) is 0 Å². The van der Waals surface area contributed by atoms with E-state index in [1.165, 1.54) is 12.3 Å². The minimum atomic E-state index is -3.57. The number of rotatable bonds is 3. The molecule has 1 aromatic carbocycles. The van der Waals surface area contributed by atoms with E-state index in [-0.39, 0.29) is 5.03 Å². The van der Waals surface area contributed by atoms with Crippen molar-refractivity contribution in [2.75, 3.05) is 4.72 Å². The monoisotopic (exact) mass is 251 g/mol. The molecule has 0 saturated heterocycles. The van der Waals surface area contributed by atoms with Crippen LogP contribution in [0.4, 0.5) is 5.69 Å². The molecule has 0 aliphatic rings. The molecule has 2 N–H and O–H groups in total. The summed E-state index contributed by atoms with van der Waals surface area (Å²) in [4.78, 5) is 0. The molecule has 5 nitrogen and oxygen atoms in total. The minimum absolute atomic E-state index is 0.0516. The van der Waals surface area contributed by atoms with Gasteiger partial charge in [0.2, 0.25) is 0 Å². The smallest absolute Gasteiger partial charge is 0.278 e. The standard InChI is InChI=1S/C11H13N3O2S/c1-8-3-4-10(7-9(8)2)14-17(15,16)11-5-6-12-13-11/h3-7,14H,1-2H3,(H,12,13). The maximum Gasteiger partial charge on any atom is 0.278 e. The number of benzene rings is 1. The Labute approximate surface area is 99.9 Å². The number of aromatic nitrogens is 2. The van der Waals surface area contributed by atoms with Gasteiger partial charge in [-0.15, -0.1) is 0 Å². The second-order valence-electron chi connectivity index (χ2n) is 3.83. The molecule has 0 atom stereocenters. The Morgan fingerprint density at radius 2 is 1.94 bits per heavy atom. The lowest BCUT2D eigenvalue weighted by atomic mass is 10.1. The zero-order valence-electron chi connectivity index (χ0n) is 9.56. The zero-order chi connectivity index (χ0) is 12.5. The topological polar surface area (TPSA) is 74.8 Å². The van der Waals surface area contributed by atoms with E-state index in [1.807, 2.05) is 19.9 Å². The summed E-state index contributed by atoms with van der Waals surface area (Å²) < 4.78 is 26.2. The number of nitrogens with one attached hydrogen (secondary N) is 2. The highest BCUT2D eigenvalue weighted by molar-refractivity contribution is 7.92. The number of aromatic amines is 1. The van der Waals surface area contributed by atoms with Crippen molar-refractivity contribution < 1.29 is 8.42 Å². The van der Waals surface area contributed by atoms with Crippen LogP contribution in [-0.2, 0) is 10.0 Å². The Morgan fingerprint density at radius 1 is 1.18 bits per heavy atom.